The number of hydrogen-bond donors (Lipinski definition) is 2. The molecule has 0 radical (unpaired) electrons. The third-order valence-electron chi connectivity index (χ3n) is 0.136. The van der Waals surface area contributed by atoms with Gasteiger partial charge >= 0.3 is 88.7 Å². The first-order chi connectivity index (χ1) is 1.91. The summed E-state index contributed by atoms with van der Waals surface area (Å²) in [6.45, 7) is 1.88. The van der Waals surface area contributed by atoms with E-state index in [1.165, 1.54) is 6.54 Å². The molecule has 0 aromatic carbocycles. The number of nitrogens with two attached hydrogens (primary N) is 2. The van der Waals surface area contributed by atoms with Crippen LogP contribution in [0.3, 0.4) is 0 Å². The van der Waals surface area contributed by atoms with Crippen LogP contribution in [0.1, 0.15) is 2.85 Å². The maximum absolute atomic E-state index is 4.85. The first kappa shape index (κ1) is 22.5. The van der Waals surface area contributed by atoms with Gasteiger partial charge in [-0.25, -0.2) is 0 Å². The van der Waals surface area contributed by atoms with Crippen LogP contribution in [0.2, 0.25) is 0 Å². The Bertz CT molecular complexity index is 19.8. The molecule has 0 amide bonds. The second-order valence-corrected chi connectivity index (χ2v) is 0.471. The fourth-order valence-electron chi connectivity index (χ4n) is 0. The summed E-state index contributed by atoms with van der Waals surface area (Å²) >= 11 is 0. The van der Waals surface area contributed by atoms with E-state index in [-0.39, 0.29) is 91.5 Å². The van der Waals surface area contributed by atoms with Crippen LogP contribution in [0.25, 0.3) is 0 Å². The Labute approximate surface area is 114 Å². The smallest absolute Gasteiger partial charge is 1.00 e. The quantitative estimate of drug-likeness (QED) is 0.273. The summed E-state index contributed by atoms with van der Waals surface area (Å²) in [6, 6.07) is 0. The number of rotatable bonds is 1. The van der Waals surface area contributed by atoms with E-state index in [9.17, 15) is 0 Å². The molecule has 0 heterocycles. The van der Waals surface area contributed by atoms with Crippen molar-refractivity contribution in [2.24, 2.45) is 11.5 Å². The van der Waals surface area contributed by atoms with Gasteiger partial charge in [0, 0.05) is 0 Å². The molecule has 0 aromatic heterocycles. The van der Waals surface area contributed by atoms with Gasteiger partial charge in [0.1, 0.15) is 0 Å². The molecule has 7 heavy (non-hydrogen) atoms. The molecule has 0 atom stereocenters. The Morgan fingerprint density at radius 3 is 1.43 bits per heavy atom. The van der Waals surface area contributed by atoms with Gasteiger partial charge in [-0.3, -0.25) is 6.54 Å². The van der Waals surface area contributed by atoms with Crippen LogP contribution in [-0.4, -0.2) is 6.54 Å². The Kier molecular flexibility index (Phi) is 74.4. The van der Waals surface area contributed by atoms with Crippen molar-refractivity contribution in [1.82, 2.24) is 0 Å². The van der Waals surface area contributed by atoms with Crippen molar-refractivity contribution in [2.75, 3.05) is 6.54 Å². The van der Waals surface area contributed by atoms with Crippen molar-refractivity contribution in [3.63, 3.8) is 0 Å². The summed E-state index contributed by atoms with van der Waals surface area (Å²) in [7, 11) is 0. The predicted octanol–water partition coefficient (Wildman–Crippen LogP) is -9.70. The molecule has 0 saturated heterocycles. The van der Waals surface area contributed by atoms with E-state index in [2.05, 4.69) is 0 Å². The summed E-state index contributed by atoms with van der Waals surface area (Å²) < 4.78 is 0. The van der Waals surface area contributed by atoms with Crippen LogP contribution >= 0.6 is 0 Å². The standard InChI is InChI=1S/C2H7N2.3Na.2H/c3-1-2-4;;;;;/h1H,2-4H2;;;;;/q-1;3*+1;2*-1. The van der Waals surface area contributed by atoms with Crippen molar-refractivity contribution in [3.8, 4) is 0 Å². The van der Waals surface area contributed by atoms with Gasteiger partial charge in [-0.2, -0.15) is 0 Å². The zero-order valence-electron chi connectivity index (χ0n) is 7.44. The van der Waals surface area contributed by atoms with Gasteiger partial charge in [-0.15, -0.1) is 6.54 Å². The van der Waals surface area contributed by atoms with Gasteiger partial charge in [-0.05, 0) is 0 Å². The zero-order chi connectivity index (χ0) is 3.41. The van der Waals surface area contributed by atoms with Crippen LogP contribution in [0.4, 0.5) is 0 Å². The molecule has 0 unspecified atom stereocenters. The van der Waals surface area contributed by atoms with E-state index in [1.807, 2.05) is 0 Å². The third kappa shape index (κ3) is 27.8. The topological polar surface area (TPSA) is 52.0 Å². The van der Waals surface area contributed by atoms with Gasteiger partial charge in [0.25, 0.3) is 0 Å². The van der Waals surface area contributed by atoms with Crippen LogP contribution in [0.5, 0.6) is 0 Å². The van der Waals surface area contributed by atoms with Crippen molar-refractivity contribution in [3.05, 3.63) is 6.54 Å². The summed E-state index contributed by atoms with van der Waals surface area (Å²) in [4.78, 5) is 0. The van der Waals surface area contributed by atoms with Crippen molar-refractivity contribution in [1.29, 1.82) is 0 Å². The van der Waals surface area contributed by atoms with E-state index in [0.29, 0.717) is 6.54 Å². The fourth-order valence-corrected chi connectivity index (χ4v) is 0. The first-order valence-corrected chi connectivity index (χ1v) is 1.15. The molecule has 0 fully saturated rings. The van der Waals surface area contributed by atoms with Gasteiger partial charge in [0.05, 0.1) is 0 Å². The molecule has 0 spiro atoms. The first-order valence-electron chi connectivity index (χ1n) is 1.15. The average Bonchev–Trinajstić information content (AvgIpc) is 1.37. The van der Waals surface area contributed by atoms with Crippen molar-refractivity contribution < 1.29 is 91.5 Å². The largest absolute Gasteiger partial charge is 1.00 e. The molecule has 0 saturated carbocycles. The minimum Gasteiger partial charge on any atom is -1.00 e. The molecule has 0 rings (SSSR count). The molecule has 5 heteroatoms. The molecule has 0 aromatic rings. The molecule has 30 valence electrons. The van der Waals surface area contributed by atoms with Gasteiger partial charge in [-0.1, -0.05) is 0 Å². The SMILES string of the molecule is N[CH-]CN.[H-].[H-].[Na+].[Na+].[Na+]. The molecular weight excluding hydrogens is 121 g/mol. The van der Waals surface area contributed by atoms with Crippen molar-refractivity contribution in [2.45, 2.75) is 0 Å². The average molecular weight is 130 g/mol. The van der Waals surface area contributed by atoms with Crippen LogP contribution in [0, 0.1) is 6.54 Å². The van der Waals surface area contributed by atoms with E-state index >= 15 is 0 Å². The predicted molar refractivity (Wildman–Crippen MR) is 19.8 cm³/mol. The second-order valence-electron chi connectivity index (χ2n) is 0.471. The maximum Gasteiger partial charge on any atom is 1.00 e. The minimum atomic E-state index is 0. The van der Waals surface area contributed by atoms with Gasteiger partial charge in [0.15, 0.2) is 0 Å². The summed E-state index contributed by atoms with van der Waals surface area (Å²) in [5, 5.41) is 0. The normalized spacial score (nSPS) is 4.29. The number of hydrogen-bond acceptors (Lipinski definition) is 2. The van der Waals surface area contributed by atoms with E-state index in [4.69, 9.17) is 11.5 Å². The van der Waals surface area contributed by atoms with Crippen LogP contribution in [0.15, 0.2) is 0 Å². The Hall–Kier alpha value is 2.92. The van der Waals surface area contributed by atoms with E-state index in [1.54, 1.807) is 0 Å². The monoisotopic (exact) mass is 130 g/mol. The minimum absolute atomic E-state index is 0. The van der Waals surface area contributed by atoms with Crippen LogP contribution < -0.4 is 100 Å². The summed E-state index contributed by atoms with van der Waals surface area (Å²) in [5.41, 5.74) is 9.62. The Morgan fingerprint density at radius 2 is 1.43 bits per heavy atom. The van der Waals surface area contributed by atoms with E-state index < -0.39 is 0 Å². The van der Waals surface area contributed by atoms with Gasteiger partial charge in [0.2, 0.25) is 0 Å². The Morgan fingerprint density at radius 1 is 1.29 bits per heavy atom. The fraction of sp³-hybridized carbons (Fsp3) is 0.500. The second kappa shape index (κ2) is 23.1. The van der Waals surface area contributed by atoms with Gasteiger partial charge < -0.3 is 14.3 Å². The Balaban J connectivity index is -0.00000000450. The molecule has 0 aliphatic carbocycles. The third-order valence-corrected chi connectivity index (χ3v) is 0.136. The summed E-state index contributed by atoms with van der Waals surface area (Å²) in [5.74, 6) is 0. The van der Waals surface area contributed by atoms with Crippen molar-refractivity contribution >= 4 is 0 Å². The molecule has 0 aliphatic heterocycles. The molecule has 0 bridgehead atoms. The molecule has 0 aliphatic rings. The molecule has 4 N–H and O–H groups in total. The summed E-state index contributed by atoms with van der Waals surface area (Å²) in [6.07, 6.45) is 0. The zero-order valence-corrected chi connectivity index (χ0v) is 11.4. The van der Waals surface area contributed by atoms with E-state index in [0.717, 1.165) is 0 Å². The maximum atomic E-state index is 4.85. The molecular formula is C2H9N2Na3. The molecule has 2 nitrogen and oxygen atoms in total. The van der Waals surface area contributed by atoms with Crippen LogP contribution in [-0.2, 0) is 0 Å².